The van der Waals surface area contributed by atoms with E-state index in [2.05, 4.69) is 50.2 Å². The molecule has 0 aliphatic carbocycles. The van der Waals surface area contributed by atoms with Gasteiger partial charge in [0.05, 0.1) is 0 Å². The Labute approximate surface area is 110 Å². The molecule has 17 heavy (non-hydrogen) atoms. The molecule has 0 saturated heterocycles. The van der Waals surface area contributed by atoms with Gasteiger partial charge in [0.15, 0.2) is 0 Å². The van der Waals surface area contributed by atoms with E-state index in [0.717, 1.165) is 13.1 Å². The molecule has 98 valence electrons. The lowest BCUT2D eigenvalue weighted by Gasteiger charge is -2.35. The third-order valence-electron chi connectivity index (χ3n) is 3.59. The van der Waals surface area contributed by atoms with Crippen LogP contribution in [0.25, 0.3) is 0 Å². The number of hydrogen-bond donors (Lipinski definition) is 1. The summed E-state index contributed by atoms with van der Waals surface area (Å²) in [7, 11) is 2.20. The van der Waals surface area contributed by atoms with Crippen LogP contribution in [0.1, 0.15) is 44.5 Å². The summed E-state index contributed by atoms with van der Waals surface area (Å²) in [5.41, 5.74) is 6.18. The predicted molar refractivity (Wildman–Crippen MR) is 77.4 cm³/mol. The summed E-state index contributed by atoms with van der Waals surface area (Å²) in [6.45, 7) is 8.64. The molecule has 2 unspecified atom stereocenters. The van der Waals surface area contributed by atoms with Gasteiger partial charge in [-0.3, -0.25) is 4.90 Å². The highest BCUT2D eigenvalue weighted by atomic mass is 32.1. The van der Waals surface area contributed by atoms with Crippen molar-refractivity contribution in [3.63, 3.8) is 0 Å². The van der Waals surface area contributed by atoms with E-state index >= 15 is 0 Å². The van der Waals surface area contributed by atoms with Crippen molar-refractivity contribution in [1.29, 1.82) is 0 Å². The first-order chi connectivity index (χ1) is 8.02. The van der Waals surface area contributed by atoms with E-state index in [1.165, 1.54) is 17.7 Å². The van der Waals surface area contributed by atoms with Crippen LogP contribution in [-0.4, -0.2) is 25.0 Å². The molecule has 1 heterocycles. The lowest BCUT2D eigenvalue weighted by atomic mass is 9.85. The van der Waals surface area contributed by atoms with Crippen molar-refractivity contribution in [2.45, 2.75) is 39.7 Å². The molecule has 2 N–H and O–H groups in total. The summed E-state index contributed by atoms with van der Waals surface area (Å²) < 4.78 is 0. The van der Waals surface area contributed by atoms with Crippen LogP contribution in [0.5, 0.6) is 0 Å². The fourth-order valence-electron chi connectivity index (χ4n) is 2.33. The van der Waals surface area contributed by atoms with Crippen molar-refractivity contribution in [1.82, 2.24) is 4.90 Å². The largest absolute Gasteiger partial charge is 0.330 e. The van der Waals surface area contributed by atoms with Crippen LogP contribution in [-0.2, 0) is 0 Å². The SMILES string of the molecule is CCCC(C)(CN)CN(C)C(C)c1cccs1. The van der Waals surface area contributed by atoms with Gasteiger partial charge in [0, 0.05) is 17.5 Å². The molecule has 1 aromatic rings. The Kier molecular flexibility index (Phi) is 5.63. The minimum absolute atomic E-state index is 0.245. The van der Waals surface area contributed by atoms with Crippen LogP contribution in [0.4, 0.5) is 0 Å². The number of hydrogen-bond acceptors (Lipinski definition) is 3. The molecule has 0 aliphatic heterocycles. The van der Waals surface area contributed by atoms with Gasteiger partial charge in [0.1, 0.15) is 0 Å². The Hall–Kier alpha value is -0.380. The number of thiophene rings is 1. The third-order valence-corrected chi connectivity index (χ3v) is 4.64. The van der Waals surface area contributed by atoms with Crippen molar-refractivity contribution in [2.24, 2.45) is 11.1 Å². The zero-order valence-corrected chi connectivity index (χ0v) is 12.4. The lowest BCUT2D eigenvalue weighted by Crippen LogP contribution is -2.39. The van der Waals surface area contributed by atoms with E-state index in [-0.39, 0.29) is 5.41 Å². The van der Waals surface area contributed by atoms with Gasteiger partial charge in [0.2, 0.25) is 0 Å². The molecule has 2 atom stereocenters. The topological polar surface area (TPSA) is 29.3 Å². The van der Waals surface area contributed by atoms with E-state index in [4.69, 9.17) is 5.73 Å². The summed E-state index contributed by atoms with van der Waals surface area (Å²) in [6, 6.07) is 4.82. The highest BCUT2D eigenvalue weighted by molar-refractivity contribution is 7.10. The molecule has 0 amide bonds. The zero-order chi connectivity index (χ0) is 12.9. The molecule has 0 aromatic carbocycles. The van der Waals surface area contributed by atoms with Gasteiger partial charge in [-0.25, -0.2) is 0 Å². The Bertz CT molecular complexity index is 310. The van der Waals surface area contributed by atoms with E-state index in [1.807, 2.05) is 11.3 Å². The minimum Gasteiger partial charge on any atom is -0.330 e. The molecule has 0 bridgehead atoms. The molecule has 1 rings (SSSR count). The van der Waals surface area contributed by atoms with Crippen LogP contribution >= 0.6 is 11.3 Å². The highest BCUT2D eigenvalue weighted by Gasteiger charge is 2.25. The van der Waals surface area contributed by atoms with Gasteiger partial charge in [-0.1, -0.05) is 26.3 Å². The van der Waals surface area contributed by atoms with E-state index < -0.39 is 0 Å². The van der Waals surface area contributed by atoms with Crippen LogP contribution < -0.4 is 5.73 Å². The molecular formula is C14H26N2S. The van der Waals surface area contributed by atoms with E-state index in [1.54, 1.807) is 0 Å². The fourth-order valence-corrected chi connectivity index (χ4v) is 3.18. The Morgan fingerprint density at radius 2 is 2.24 bits per heavy atom. The predicted octanol–water partition coefficient (Wildman–Crippen LogP) is 3.51. The molecule has 1 aromatic heterocycles. The number of nitrogens with zero attached hydrogens (tertiary/aromatic N) is 1. The highest BCUT2D eigenvalue weighted by Crippen LogP contribution is 2.29. The third kappa shape index (κ3) is 4.09. The molecule has 0 spiro atoms. The van der Waals surface area contributed by atoms with Crippen molar-refractivity contribution in [3.05, 3.63) is 22.4 Å². The summed E-state index contributed by atoms with van der Waals surface area (Å²) in [5, 5.41) is 2.15. The number of nitrogens with two attached hydrogens (primary N) is 1. The van der Waals surface area contributed by atoms with Crippen LogP contribution in [0.2, 0.25) is 0 Å². The monoisotopic (exact) mass is 254 g/mol. The second kappa shape index (κ2) is 6.53. The first kappa shape index (κ1) is 14.7. The van der Waals surface area contributed by atoms with Gasteiger partial charge in [-0.2, -0.15) is 0 Å². The van der Waals surface area contributed by atoms with E-state index in [9.17, 15) is 0 Å². The van der Waals surface area contributed by atoms with Gasteiger partial charge in [0.25, 0.3) is 0 Å². The maximum atomic E-state index is 5.94. The maximum absolute atomic E-state index is 5.94. The molecule has 0 saturated carbocycles. The standard InChI is InChI=1S/C14H26N2S/c1-5-8-14(3,10-15)11-16(4)12(2)13-7-6-9-17-13/h6-7,9,12H,5,8,10-11,15H2,1-4H3. The molecule has 3 heteroatoms. The van der Waals surface area contributed by atoms with Gasteiger partial charge in [-0.15, -0.1) is 11.3 Å². The Balaban J connectivity index is 2.61. The van der Waals surface area contributed by atoms with Gasteiger partial charge in [-0.05, 0) is 43.8 Å². The zero-order valence-electron chi connectivity index (χ0n) is 11.6. The summed E-state index contributed by atoms with van der Waals surface area (Å²) in [6.07, 6.45) is 2.40. The summed E-state index contributed by atoms with van der Waals surface area (Å²) in [5.74, 6) is 0. The first-order valence-electron chi connectivity index (χ1n) is 6.46. The second-order valence-corrected chi connectivity index (χ2v) is 6.35. The van der Waals surface area contributed by atoms with E-state index in [0.29, 0.717) is 6.04 Å². The Morgan fingerprint density at radius 3 is 2.71 bits per heavy atom. The van der Waals surface area contributed by atoms with Crippen molar-refractivity contribution >= 4 is 11.3 Å². The molecular weight excluding hydrogens is 228 g/mol. The van der Waals surface area contributed by atoms with Crippen molar-refractivity contribution < 1.29 is 0 Å². The Morgan fingerprint density at radius 1 is 1.53 bits per heavy atom. The van der Waals surface area contributed by atoms with Crippen molar-refractivity contribution in [3.8, 4) is 0 Å². The molecule has 0 radical (unpaired) electrons. The summed E-state index contributed by atoms with van der Waals surface area (Å²) in [4.78, 5) is 3.86. The second-order valence-electron chi connectivity index (χ2n) is 5.37. The quantitative estimate of drug-likeness (QED) is 0.807. The van der Waals surface area contributed by atoms with Gasteiger partial charge < -0.3 is 5.73 Å². The molecule has 0 aliphatic rings. The average Bonchev–Trinajstić information content (AvgIpc) is 2.81. The lowest BCUT2D eigenvalue weighted by molar-refractivity contribution is 0.152. The van der Waals surface area contributed by atoms with Crippen LogP contribution in [0.3, 0.4) is 0 Å². The number of rotatable bonds is 7. The fraction of sp³-hybridized carbons (Fsp3) is 0.714. The normalized spacial score (nSPS) is 17.1. The minimum atomic E-state index is 0.245. The van der Waals surface area contributed by atoms with Crippen molar-refractivity contribution in [2.75, 3.05) is 20.1 Å². The van der Waals surface area contributed by atoms with Crippen LogP contribution in [0, 0.1) is 5.41 Å². The van der Waals surface area contributed by atoms with Crippen LogP contribution in [0.15, 0.2) is 17.5 Å². The smallest absolute Gasteiger partial charge is 0.0410 e. The molecule has 0 fully saturated rings. The first-order valence-corrected chi connectivity index (χ1v) is 7.34. The summed E-state index contributed by atoms with van der Waals surface area (Å²) >= 11 is 1.83. The average molecular weight is 254 g/mol. The maximum Gasteiger partial charge on any atom is 0.0410 e. The van der Waals surface area contributed by atoms with Gasteiger partial charge >= 0.3 is 0 Å². The molecule has 2 nitrogen and oxygen atoms in total.